The lowest BCUT2D eigenvalue weighted by Crippen LogP contribution is -2.31. The highest BCUT2D eigenvalue weighted by atomic mass is 79.9. The lowest BCUT2D eigenvalue weighted by Gasteiger charge is -2.20. The van der Waals surface area contributed by atoms with Crippen LogP contribution in [0.2, 0.25) is 0 Å². The molecule has 0 spiro atoms. The molecule has 2 aromatic rings. The van der Waals surface area contributed by atoms with Crippen molar-refractivity contribution in [2.75, 3.05) is 0 Å². The number of benzene rings is 2. The fourth-order valence-electron chi connectivity index (χ4n) is 2.48. The van der Waals surface area contributed by atoms with Crippen molar-refractivity contribution in [1.82, 2.24) is 5.32 Å². The molecule has 2 atom stereocenters. The van der Waals surface area contributed by atoms with Crippen LogP contribution in [0, 0.1) is 0 Å². The summed E-state index contributed by atoms with van der Waals surface area (Å²) in [6.45, 7) is 4.05. The summed E-state index contributed by atoms with van der Waals surface area (Å²) in [6.07, 6.45) is 0.790. The number of carbonyl (C=O) groups excluding carboxylic acids is 1. The van der Waals surface area contributed by atoms with Crippen LogP contribution in [-0.2, 0) is 4.79 Å². The summed E-state index contributed by atoms with van der Waals surface area (Å²) in [5.41, 5.74) is 2.16. The van der Waals surface area contributed by atoms with E-state index in [1.165, 1.54) is 0 Å². The Labute approximate surface area is 134 Å². The van der Waals surface area contributed by atoms with Crippen LogP contribution in [-0.4, -0.2) is 5.91 Å². The number of hydrogen-bond donors (Lipinski definition) is 1. The molecule has 110 valence electrons. The molecule has 21 heavy (non-hydrogen) atoms. The van der Waals surface area contributed by atoms with Crippen molar-refractivity contribution in [1.29, 1.82) is 0 Å². The van der Waals surface area contributed by atoms with Crippen molar-refractivity contribution in [3.8, 4) is 0 Å². The first kappa shape index (κ1) is 15.8. The van der Waals surface area contributed by atoms with E-state index in [1.807, 2.05) is 68.4 Å². The van der Waals surface area contributed by atoms with Gasteiger partial charge in [0.05, 0.1) is 12.0 Å². The van der Waals surface area contributed by atoms with E-state index in [2.05, 4.69) is 21.2 Å². The summed E-state index contributed by atoms with van der Waals surface area (Å²) in [7, 11) is 0. The van der Waals surface area contributed by atoms with E-state index in [0.29, 0.717) is 0 Å². The van der Waals surface area contributed by atoms with Gasteiger partial charge in [-0.15, -0.1) is 0 Å². The Morgan fingerprint density at radius 2 is 1.71 bits per heavy atom. The SMILES string of the molecule is CCC(C(=O)NC(C)c1ccccc1Br)c1ccccc1. The van der Waals surface area contributed by atoms with Crippen LogP contribution in [0.1, 0.15) is 43.4 Å². The summed E-state index contributed by atoms with van der Waals surface area (Å²) < 4.78 is 1.02. The second-order valence-electron chi connectivity index (χ2n) is 5.12. The van der Waals surface area contributed by atoms with Crippen molar-refractivity contribution in [2.24, 2.45) is 0 Å². The van der Waals surface area contributed by atoms with Gasteiger partial charge in [0.25, 0.3) is 0 Å². The number of halogens is 1. The molecule has 0 fully saturated rings. The van der Waals surface area contributed by atoms with Gasteiger partial charge >= 0.3 is 0 Å². The maximum absolute atomic E-state index is 12.5. The van der Waals surface area contributed by atoms with E-state index in [0.717, 1.165) is 22.0 Å². The second-order valence-corrected chi connectivity index (χ2v) is 5.98. The molecule has 0 bridgehead atoms. The molecule has 0 radical (unpaired) electrons. The molecule has 1 amide bonds. The van der Waals surface area contributed by atoms with Crippen LogP contribution in [0.4, 0.5) is 0 Å². The summed E-state index contributed by atoms with van der Waals surface area (Å²) in [5.74, 6) is -0.0249. The van der Waals surface area contributed by atoms with Gasteiger partial charge in [-0.3, -0.25) is 4.79 Å². The normalized spacial score (nSPS) is 13.5. The summed E-state index contributed by atoms with van der Waals surface area (Å²) in [5, 5.41) is 3.12. The van der Waals surface area contributed by atoms with Crippen molar-refractivity contribution >= 4 is 21.8 Å². The largest absolute Gasteiger partial charge is 0.349 e. The molecule has 2 nitrogen and oxygen atoms in total. The zero-order valence-electron chi connectivity index (χ0n) is 12.3. The molecule has 0 aliphatic carbocycles. The molecular weight excluding hydrogens is 326 g/mol. The zero-order valence-corrected chi connectivity index (χ0v) is 13.9. The predicted octanol–water partition coefficient (Wildman–Crippen LogP) is 4.82. The molecular formula is C18H20BrNO. The maximum Gasteiger partial charge on any atom is 0.228 e. The first-order valence-corrected chi connectivity index (χ1v) is 8.02. The molecule has 2 aromatic carbocycles. The summed E-state index contributed by atoms with van der Waals surface area (Å²) in [6, 6.07) is 17.9. The third kappa shape index (κ3) is 3.94. The Morgan fingerprint density at radius 3 is 2.33 bits per heavy atom. The first-order valence-electron chi connectivity index (χ1n) is 7.23. The smallest absolute Gasteiger partial charge is 0.228 e. The van der Waals surface area contributed by atoms with Gasteiger partial charge in [-0.2, -0.15) is 0 Å². The zero-order chi connectivity index (χ0) is 15.2. The van der Waals surface area contributed by atoms with Gasteiger partial charge in [0.1, 0.15) is 0 Å². The van der Waals surface area contributed by atoms with E-state index in [-0.39, 0.29) is 17.9 Å². The van der Waals surface area contributed by atoms with Gasteiger partial charge < -0.3 is 5.32 Å². The highest BCUT2D eigenvalue weighted by Gasteiger charge is 2.21. The fraction of sp³-hybridized carbons (Fsp3) is 0.278. The molecule has 3 heteroatoms. The number of nitrogens with one attached hydrogen (secondary N) is 1. The third-order valence-electron chi connectivity index (χ3n) is 3.66. The molecule has 0 aromatic heterocycles. The quantitative estimate of drug-likeness (QED) is 0.826. The Bertz CT molecular complexity index is 597. The van der Waals surface area contributed by atoms with Crippen LogP contribution in [0.15, 0.2) is 59.1 Å². The van der Waals surface area contributed by atoms with Crippen molar-refractivity contribution < 1.29 is 4.79 Å². The van der Waals surface area contributed by atoms with E-state index >= 15 is 0 Å². The van der Waals surface area contributed by atoms with Gasteiger partial charge in [0.2, 0.25) is 5.91 Å². The molecule has 0 heterocycles. The van der Waals surface area contributed by atoms with Crippen LogP contribution < -0.4 is 5.32 Å². The van der Waals surface area contributed by atoms with Gasteiger partial charge in [0, 0.05) is 4.47 Å². The molecule has 0 aliphatic heterocycles. The lowest BCUT2D eigenvalue weighted by atomic mass is 9.95. The monoisotopic (exact) mass is 345 g/mol. The number of hydrogen-bond acceptors (Lipinski definition) is 1. The molecule has 0 saturated carbocycles. The Balaban J connectivity index is 2.11. The number of amides is 1. The average molecular weight is 346 g/mol. The van der Waals surface area contributed by atoms with Gasteiger partial charge in [0.15, 0.2) is 0 Å². The summed E-state index contributed by atoms with van der Waals surface area (Å²) >= 11 is 3.53. The molecule has 0 aliphatic rings. The molecule has 2 rings (SSSR count). The highest BCUT2D eigenvalue weighted by molar-refractivity contribution is 9.10. The van der Waals surface area contributed by atoms with E-state index < -0.39 is 0 Å². The summed E-state index contributed by atoms with van der Waals surface area (Å²) in [4.78, 5) is 12.5. The van der Waals surface area contributed by atoms with Gasteiger partial charge in [-0.1, -0.05) is 71.4 Å². The van der Waals surface area contributed by atoms with Crippen molar-refractivity contribution in [3.05, 3.63) is 70.2 Å². The topological polar surface area (TPSA) is 29.1 Å². The van der Waals surface area contributed by atoms with Crippen LogP contribution in [0.3, 0.4) is 0 Å². The van der Waals surface area contributed by atoms with E-state index in [9.17, 15) is 4.79 Å². The van der Waals surface area contributed by atoms with Crippen LogP contribution in [0.25, 0.3) is 0 Å². The minimum absolute atomic E-state index is 0.0224. The van der Waals surface area contributed by atoms with Crippen LogP contribution in [0.5, 0.6) is 0 Å². The standard InChI is InChI=1S/C18H20BrNO/c1-3-15(14-9-5-4-6-10-14)18(21)20-13(2)16-11-7-8-12-17(16)19/h4-13,15H,3H2,1-2H3,(H,20,21). The maximum atomic E-state index is 12.5. The van der Waals surface area contributed by atoms with Gasteiger partial charge in [-0.05, 0) is 30.5 Å². The highest BCUT2D eigenvalue weighted by Crippen LogP contribution is 2.25. The number of rotatable bonds is 5. The predicted molar refractivity (Wildman–Crippen MR) is 90.2 cm³/mol. The second kappa shape index (κ2) is 7.41. The minimum Gasteiger partial charge on any atom is -0.349 e. The Kier molecular flexibility index (Phi) is 5.57. The van der Waals surface area contributed by atoms with Crippen molar-refractivity contribution in [2.45, 2.75) is 32.2 Å². The number of carbonyl (C=O) groups is 1. The molecule has 0 saturated heterocycles. The Hall–Kier alpha value is -1.61. The molecule has 1 N–H and O–H groups in total. The third-order valence-corrected chi connectivity index (χ3v) is 4.38. The Morgan fingerprint density at radius 1 is 1.10 bits per heavy atom. The van der Waals surface area contributed by atoms with E-state index in [4.69, 9.17) is 0 Å². The van der Waals surface area contributed by atoms with Crippen molar-refractivity contribution in [3.63, 3.8) is 0 Å². The lowest BCUT2D eigenvalue weighted by molar-refractivity contribution is -0.123. The van der Waals surface area contributed by atoms with Crippen LogP contribution >= 0.6 is 15.9 Å². The fourth-order valence-corrected chi connectivity index (χ4v) is 3.10. The first-order chi connectivity index (χ1) is 10.1. The molecule has 2 unspecified atom stereocenters. The van der Waals surface area contributed by atoms with E-state index in [1.54, 1.807) is 0 Å². The van der Waals surface area contributed by atoms with Gasteiger partial charge in [-0.25, -0.2) is 0 Å². The minimum atomic E-state index is -0.101. The average Bonchev–Trinajstić information content (AvgIpc) is 2.49.